The fourth-order valence-electron chi connectivity index (χ4n) is 4.19. The summed E-state index contributed by atoms with van der Waals surface area (Å²) >= 11 is 0. The lowest BCUT2D eigenvalue weighted by atomic mass is 10.2. The Morgan fingerprint density at radius 2 is 1.43 bits per heavy atom. The molecule has 0 aliphatic carbocycles. The van der Waals surface area contributed by atoms with Gasteiger partial charge >= 0.3 is 0 Å². The first kappa shape index (κ1) is 26.6. The molecule has 3 aromatic carbocycles. The lowest BCUT2D eigenvalue weighted by Crippen LogP contribution is -2.53. The Labute approximate surface area is 218 Å². The average Bonchev–Trinajstić information content (AvgIpc) is 2.92. The van der Waals surface area contributed by atoms with E-state index >= 15 is 0 Å². The lowest BCUT2D eigenvalue weighted by molar-refractivity contribution is -0.130. The van der Waals surface area contributed by atoms with Gasteiger partial charge in [-0.2, -0.15) is 4.31 Å². The molecule has 1 fully saturated rings. The van der Waals surface area contributed by atoms with Crippen LogP contribution in [0, 0.1) is 6.92 Å². The third kappa shape index (κ3) is 5.63. The summed E-state index contributed by atoms with van der Waals surface area (Å²) in [5.74, 6) is 0.152. The van der Waals surface area contributed by atoms with E-state index in [1.165, 1.54) is 40.6 Å². The molecule has 3 aromatic rings. The van der Waals surface area contributed by atoms with E-state index in [-0.39, 0.29) is 36.0 Å². The number of hydrogen-bond acceptors (Lipinski definition) is 6. The summed E-state index contributed by atoms with van der Waals surface area (Å²) in [5, 5.41) is 0. The highest BCUT2D eigenvalue weighted by Crippen LogP contribution is 2.27. The first-order valence-electron chi connectivity index (χ1n) is 11.7. The minimum absolute atomic E-state index is 0.0428. The third-order valence-electron chi connectivity index (χ3n) is 6.25. The first-order valence-corrected chi connectivity index (χ1v) is 14.6. The van der Waals surface area contributed by atoms with Crippen LogP contribution in [0.4, 0.5) is 5.69 Å². The van der Waals surface area contributed by atoms with Crippen LogP contribution in [0.5, 0.6) is 5.75 Å². The maximum atomic E-state index is 13.7. The van der Waals surface area contributed by atoms with Crippen LogP contribution >= 0.6 is 0 Å². The summed E-state index contributed by atoms with van der Waals surface area (Å²) in [7, 11) is -6.24. The molecule has 0 radical (unpaired) electrons. The molecule has 0 aromatic heterocycles. The van der Waals surface area contributed by atoms with E-state index in [0.29, 0.717) is 17.0 Å². The highest BCUT2D eigenvalue weighted by atomic mass is 32.2. The number of amides is 1. The standard InChI is InChI=1S/C26H29N3O6S2/c1-21-19-24(13-14-25(21)35-2)37(33,34)29(22-9-5-3-6-10-22)20-26(30)27-15-17-28(18-16-27)36(31,32)23-11-7-4-8-12-23/h3-14,19H,15-18,20H2,1-2H3. The fourth-order valence-corrected chi connectivity index (χ4v) is 7.13. The van der Waals surface area contributed by atoms with Crippen molar-refractivity contribution in [2.45, 2.75) is 16.7 Å². The minimum Gasteiger partial charge on any atom is -0.496 e. The summed E-state index contributed by atoms with van der Waals surface area (Å²) in [5.41, 5.74) is 1.01. The maximum absolute atomic E-state index is 13.7. The van der Waals surface area contributed by atoms with Crippen molar-refractivity contribution in [2.24, 2.45) is 0 Å². The quantitative estimate of drug-likeness (QED) is 0.433. The molecule has 196 valence electrons. The van der Waals surface area contributed by atoms with E-state index in [4.69, 9.17) is 4.74 Å². The van der Waals surface area contributed by atoms with E-state index < -0.39 is 32.5 Å². The molecule has 0 bridgehead atoms. The molecule has 0 N–H and O–H groups in total. The SMILES string of the molecule is COc1ccc(S(=O)(=O)N(CC(=O)N2CCN(S(=O)(=O)c3ccccc3)CC2)c2ccccc2)cc1C. The molecule has 11 heteroatoms. The van der Waals surface area contributed by atoms with Gasteiger partial charge in [-0.3, -0.25) is 9.10 Å². The van der Waals surface area contributed by atoms with Gasteiger partial charge in [-0.1, -0.05) is 36.4 Å². The van der Waals surface area contributed by atoms with Crippen LogP contribution in [0.25, 0.3) is 0 Å². The summed E-state index contributed by atoms with van der Waals surface area (Å²) in [4.78, 5) is 15.0. The summed E-state index contributed by atoms with van der Waals surface area (Å²) < 4.78 is 60.8. The molecule has 1 aliphatic rings. The van der Waals surface area contributed by atoms with E-state index in [1.54, 1.807) is 61.5 Å². The maximum Gasteiger partial charge on any atom is 0.264 e. The predicted octanol–water partition coefficient (Wildman–Crippen LogP) is 2.73. The summed E-state index contributed by atoms with van der Waals surface area (Å²) in [6.07, 6.45) is 0. The number of hydrogen-bond donors (Lipinski definition) is 0. The van der Waals surface area contributed by atoms with Gasteiger partial charge in [-0.25, -0.2) is 16.8 Å². The molecule has 0 saturated carbocycles. The van der Waals surface area contributed by atoms with Crippen molar-refractivity contribution < 1.29 is 26.4 Å². The van der Waals surface area contributed by atoms with Crippen LogP contribution in [0.15, 0.2) is 88.7 Å². The van der Waals surface area contributed by atoms with Gasteiger partial charge < -0.3 is 9.64 Å². The minimum atomic E-state index is -4.08. The number of anilines is 1. The highest BCUT2D eigenvalue weighted by Gasteiger charge is 2.33. The Kier molecular flexibility index (Phi) is 7.86. The number of methoxy groups -OCH3 is 1. The molecule has 1 heterocycles. The second kappa shape index (κ2) is 10.9. The molecule has 0 atom stereocenters. The van der Waals surface area contributed by atoms with E-state index in [9.17, 15) is 21.6 Å². The van der Waals surface area contributed by atoms with E-state index in [0.717, 1.165) is 4.31 Å². The van der Waals surface area contributed by atoms with E-state index in [2.05, 4.69) is 0 Å². The number of aryl methyl sites for hydroxylation is 1. The zero-order chi connectivity index (χ0) is 26.6. The van der Waals surface area contributed by atoms with Crippen molar-refractivity contribution in [1.29, 1.82) is 0 Å². The second-order valence-corrected chi connectivity index (χ2v) is 12.4. The molecular formula is C26H29N3O6S2. The number of ether oxygens (including phenoxy) is 1. The topological polar surface area (TPSA) is 104 Å². The van der Waals surface area contributed by atoms with Gasteiger partial charge in [-0.05, 0) is 55.0 Å². The first-order chi connectivity index (χ1) is 17.6. The van der Waals surface area contributed by atoms with Crippen molar-refractivity contribution in [3.63, 3.8) is 0 Å². The van der Waals surface area contributed by atoms with Gasteiger partial charge in [0.25, 0.3) is 10.0 Å². The number of piperazine rings is 1. The molecule has 0 unspecified atom stereocenters. The van der Waals surface area contributed by atoms with Crippen LogP contribution < -0.4 is 9.04 Å². The number of rotatable bonds is 8. The molecule has 37 heavy (non-hydrogen) atoms. The van der Waals surface area contributed by atoms with Gasteiger partial charge in [0.2, 0.25) is 15.9 Å². The highest BCUT2D eigenvalue weighted by molar-refractivity contribution is 7.92. The van der Waals surface area contributed by atoms with Gasteiger partial charge in [0, 0.05) is 26.2 Å². The molecule has 9 nitrogen and oxygen atoms in total. The lowest BCUT2D eigenvalue weighted by Gasteiger charge is -2.35. The molecule has 1 aliphatic heterocycles. The monoisotopic (exact) mass is 543 g/mol. The Morgan fingerprint density at radius 1 is 0.838 bits per heavy atom. The number of para-hydroxylation sites is 1. The Morgan fingerprint density at radius 3 is 2.00 bits per heavy atom. The smallest absolute Gasteiger partial charge is 0.264 e. The van der Waals surface area contributed by atoms with Crippen molar-refractivity contribution >= 4 is 31.6 Å². The van der Waals surface area contributed by atoms with Gasteiger partial charge in [0.05, 0.1) is 22.6 Å². The largest absolute Gasteiger partial charge is 0.496 e. The van der Waals surface area contributed by atoms with Gasteiger partial charge in [0.1, 0.15) is 12.3 Å². The molecule has 1 amide bonds. The number of benzene rings is 3. The summed E-state index contributed by atoms with van der Waals surface area (Å²) in [6, 6.07) is 21.1. The van der Waals surface area contributed by atoms with Crippen LogP contribution in [-0.4, -0.2) is 71.8 Å². The molecule has 4 rings (SSSR count). The average molecular weight is 544 g/mol. The van der Waals surface area contributed by atoms with Crippen molar-refractivity contribution in [3.05, 3.63) is 84.4 Å². The number of sulfonamides is 2. The van der Waals surface area contributed by atoms with Crippen molar-refractivity contribution in [3.8, 4) is 5.75 Å². The molecule has 1 saturated heterocycles. The van der Waals surface area contributed by atoms with Crippen molar-refractivity contribution in [2.75, 3.05) is 44.1 Å². The number of carbonyl (C=O) groups is 1. The molecule has 0 spiro atoms. The van der Waals surface area contributed by atoms with E-state index in [1.807, 2.05) is 0 Å². The normalized spacial score (nSPS) is 14.8. The summed E-state index contributed by atoms with van der Waals surface area (Å²) in [6.45, 7) is 1.91. The zero-order valence-corrected chi connectivity index (χ0v) is 22.3. The molecular weight excluding hydrogens is 514 g/mol. The van der Waals surface area contributed by atoms with Crippen molar-refractivity contribution in [1.82, 2.24) is 9.21 Å². The van der Waals surface area contributed by atoms with Gasteiger partial charge in [-0.15, -0.1) is 0 Å². The Balaban J connectivity index is 1.53. The van der Waals surface area contributed by atoms with Crippen LogP contribution in [-0.2, 0) is 24.8 Å². The number of carbonyl (C=O) groups excluding carboxylic acids is 1. The Bertz CT molecular complexity index is 1450. The zero-order valence-electron chi connectivity index (χ0n) is 20.6. The second-order valence-electron chi connectivity index (χ2n) is 8.58. The number of nitrogens with zero attached hydrogens (tertiary/aromatic N) is 3. The van der Waals surface area contributed by atoms with Crippen LogP contribution in [0.3, 0.4) is 0 Å². The predicted molar refractivity (Wildman–Crippen MR) is 140 cm³/mol. The third-order valence-corrected chi connectivity index (χ3v) is 9.93. The van der Waals surface area contributed by atoms with Gasteiger partial charge in [0.15, 0.2) is 0 Å². The van der Waals surface area contributed by atoms with Crippen LogP contribution in [0.2, 0.25) is 0 Å². The Hall–Kier alpha value is -3.41. The fraction of sp³-hybridized carbons (Fsp3) is 0.269. The van der Waals surface area contributed by atoms with Crippen LogP contribution in [0.1, 0.15) is 5.56 Å².